The Balaban J connectivity index is 2.32. The molecule has 106 valence electrons. The third-order valence-electron chi connectivity index (χ3n) is 3.36. The first kappa shape index (κ1) is 15.1. The molecular formula is C12H15Cl2NO3S. The van der Waals surface area contributed by atoms with Gasteiger partial charge < -0.3 is 5.11 Å². The highest BCUT2D eigenvalue weighted by Gasteiger charge is 2.37. The number of halogens is 2. The first-order valence-electron chi connectivity index (χ1n) is 5.98. The molecule has 0 radical (unpaired) electrons. The van der Waals surface area contributed by atoms with Crippen LogP contribution in [0.15, 0.2) is 23.1 Å². The highest BCUT2D eigenvalue weighted by molar-refractivity contribution is 7.89. The van der Waals surface area contributed by atoms with Crippen LogP contribution < -0.4 is 4.72 Å². The van der Waals surface area contributed by atoms with Gasteiger partial charge in [-0.05, 0) is 31.0 Å². The largest absolute Gasteiger partial charge is 0.394 e. The predicted molar refractivity (Wildman–Crippen MR) is 75.1 cm³/mol. The van der Waals surface area contributed by atoms with Gasteiger partial charge in [-0.2, -0.15) is 0 Å². The summed E-state index contributed by atoms with van der Waals surface area (Å²) in [5, 5.41) is 9.98. The zero-order chi connectivity index (χ0) is 14.1. The Labute approximate surface area is 122 Å². The van der Waals surface area contributed by atoms with Gasteiger partial charge in [0.25, 0.3) is 0 Å². The second-order valence-corrected chi connectivity index (χ2v) is 7.41. The molecular weight excluding hydrogens is 309 g/mol. The van der Waals surface area contributed by atoms with Crippen molar-refractivity contribution in [1.29, 1.82) is 0 Å². The van der Waals surface area contributed by atoms with Crippen LogP contribution in [0.2, 0.25) is 10.0 Å². The van der Waals surface area contributed by atoms with Gasteiger partial charge in [0, 0.05) is 10.0 Å². The Bertz CT molecular complexity index is 548. The minimum Gasteiger partial charge on any atom is -0.394 e. The molecule has 7 heteroatoms. The molecule has 0 saturated heterocycles. The maximum Gasteiger partial charge on any atom is 0.241 e. The lowest BCUT2D eigenvalue weighted by molar-refractivity contribution is 0.185. The number of sulfonamides is 1. The number of benzene rings is 1. The summed E-state index contributed by atoms with van der Waals surface area (Å²) in [6, 6.07) is 4.16. The molecule has 0 unspecified atom stereocenters. The number of rotatable bonds is 4. The van der Waals surface area contributed by atoms with Crippen molar-refractivity contribution in [1.82, 2.24) is 4.72 Å². The Morgan fingerprint density at radius 1 is 1.16 bits per heavy atom. The molecule has 1 saturated carbocycles. The van der Waals surface area contributed by atoms with Crippen LogP contribution in [-0.4, -0.2) is 25.7 Å². The number of hydrogen-bond donors (Lipinski definition) is 2. The summed E-state index contributed by atoms with van der Waals surface area (Å²) in [5.74, 6) is 0. The van der Waals surface area contributed by atoms with Crippen molar-refractivity contribution in [2.75, 3.05) is 6.61 Å². The van der Waals surface area contributed by atoms with Gasteiger partial charge in [0.15, 0.2) is 0 Å². The van der Waals surface area contributed by atoms with Crippen molar-refractivity contribution in [3.05, 3.63) is 28.2 Å². The van der Waals surface area contributed by atoms with E-state index < -0.39 is 15.6 Å². The van der Waals surface area contributed by atoms with Crippen molar-refractivity contribution in [2.45, 2.75) is 36.1 Å². The number of aliphatic hydroxyl groups excluding tert-OH is 1. The molecule has 2 N–H and O–H groups in total. The lowest BCUT2D eigenvalue weighted by atomic mass is 10.0. The van der Waals surface area contributed by atoms with E-state index in [0.717, 1.165) is 12.8 Å². The Hall–Kier alpha value is -0.330. The predicted octanol–water partition coefficient (Wildman–Crippen LogP) is 2.58. The second kappa shape index (κ2) is 5.58. The number of nitrogens with one attached hydrogen (secondary N) is 1. The van der Waals surface area contributed by atoms with Crippen LogP contribution in [0.1, 0.15) is 25.7 Å². The Morgan fingerprint density at radius 3 is 2.16 bits per heavy atom. The zero-order valence-corrected chi connectivity index (χ0v) is 12.5. The lowest BCUT2D eigenvalue weighted by Gasteiger charge is -2.27. The van der Waals surface area contributed by atoms with Crippen molar-refractivity contribution in [3.8, 4) is 0 Å². The Kier molecular flexibility index (Phi) is 4.42. The zero-order valence-electron chi connectivity index (χ0n) is 10.2. The first-order chi connectivity index (χ1) is 8.87. The van der Waals surface area contributed by atoms with E-state index in [1.807, 2.05) is 0 Å². The number of aliphatic hydroxyl groups is 1. The molecule has 1 aliphatic carbocycles. The fourth-order valence-corrected chi connectivity index (χ4v) is 4.55. The van der Waals surface area contributed by atoms with Crippen LogP contribution in [-0.2, 0) is 10.0 Å². The van der Waals surface area contributed by atoms with Crippen LogP contribution in [0.5, 0.6) is 0 Å². The van der Waals surface area contributed by atoms with E-state index >= 15 is 0 Å². The summed E-state index contributed by atoms with van der Waals surface area (Å²) >= 11 is 11.6. The average Bonchev–Trinajstić information content (AvgIpc) is 2.76. The normalized spacial score (nSPS) is 18.7. The SMILES string of the molecule is O=S(=O)(NC1(CO)CCCC1)c1cc(Cl)cc(Cl)c1. The fourth-order valence-electron chi connectivity index (χ4n) is 2.37. The molecule has 0 atom stereocenters. The summed E-state index contributed by atoms with van der Waals surface area (Å²) < 4.78 is 27.2. The summed E-state index contributed by atoms with van der Waals surface area (Å²) in [5.41, 5.74) is -0.756. The fraction of sp³-hybridized carbons (Fsp3) is 0.500. The van der Waals surface area contributed by atoms with Crippen molar-refractivity contribution in [3.63, 3.8) is 0 Å². The standard InChI is InChI=1S/C12H15Cl2NO3S/c13-9-5-10(14)7-11(6-9)19(17,18)15-12(8-16)3-1-2-4-12/h5-7,15-16H,1-4,8H2. The van der Waals surface area contributed by atoms with Crippen LogP contribution in [0.3, 0.4) is 0 Å². The summed E-state index contributed by atoms with van der Waals surface area (Å²) in [7, 11) is -3.74. The molecule has 19 heavy (non-hydrogen) atoms. The van der Waals surface area contributed by atoms with E-state index in [2.05, 4.69) is 4.72 Å². The Morgan fingerprint density at radius 2 is 1.68 bits per heavy atom. The topological polar surface area (TPSA) is 66.4 Å². The average molecular weight is 324 g/mol. The van der Waals surface area contributed by atoms with Gasteiger partial charge in [-0.15, -0.1) is 0 Å². The molecule has 0 aromatic heterocycles. The summed E-state index contributed by atoms with van der Waals surface area (Å²) in [6.45, 7) is -0.208. The highest BCUT2D eigenvalue weighted by Crippen LogP contribution is 2.31. The van der Waals surface area contributed by atoms with Gasteiger partial charge in [-0.1, -0.05) is 36.0 Å². The van der Waals surface area contributed by atoms with Crippen molar-refractivity contribution in [2.24, 2.45) is 0 Å². The third kappa shape index (κ3) is 3.41. The molecule has 0 amide bonds. The summed E-state index contributed by atoms with van der Waals surface area (Å²) in [4.78, 5) is 0.0183. The van der Waals surface area contributed by atoms with Crippen LogP contribution in [0.25, 0.3) is 0 Å². The maximum atomic E-state index is 12.3. The van der Waals surface area contributed by atoms with Gasteiger partial charge >= 0.3 is 0 Å². The molecule has 1 aliphatic rings. The number of hydrogen-bond acceptors (Lipinski definition) is 3. The molecule has 0 heterocycles. The summed E-state index contributed by atoms with van der Waals surface area (Å²) in [6.07, 6.45) is 3.08. The molecule has 0 aliphatic heterocycles. The first-order valence-corrected chi connectivity index (χ1v) is 8.22. The van der Waals surface area contributed by atoms with Gasteiger partial charge in [0.1, 0.15) is 0 Å². The lowest BCUT2D eigenvalue weighted by Crippen LogP contribution is -2.49. The van der Waals surface area contributed by atoms with Gasteiger partial charge in [0.2, 0.25) is 10.0 Å². The van der Waals surface area contributed by atoms with E-state index in [4.69, 9.17) is 23.2 Å². The van der Waals surface area contributed by atoms with E-state index in [-0.39, 0.29) is 21.5 Å². The minimum atomic E-state index is -3.74. The maximum absolute atomic E-state index is 12.3. The van der Waals surface area contributed by atoms with Crippen LogP contribution >= 0.6 is 23.2 Å². The van der Waals surface area contributed by atoms with Crippen molar-refractivity contribution < 1.29 is 13.5 Å². The van der Waals surface area contributed by atoms with Gasteiger partial charge in [-0.3, -0.25) is 0 Å². The highest BCUT2D eigenvalue weighted by atomic mass is 35.5. The molecule has 1 aromatic carbocycles. The molecule has 1 aromatic rings. The minimum absolute atomic E-state index is 0.0183. The van der Waals surface area contributed by atoms with E-state index in [1.54, 1.807) is 0 Å². The molecule has 0 bridgehead atoms. The van der Waals surface area contributed by atoms with E-state index in [1.165, 1.54) is 18.2 Å². The van der Waals surface area contributed by atoms with Gasteiger partial charge in [-0.25, -0.2) is 13.1 Å². The van der Waals surface area contributed by atoms with E-state index in [0.29, 0.717) is 12.8 Å². The quantitative estimate of drug-likeness (QED) is 0.894. The molecule has 4 nitrogen and oxygen atoms in total. The third-order valence-corrected chi connectivity index (χ3v) is 5.36. The second-order valence-electron chi connectivity index (χ2n) is 4.86. The molecule has 1 fully saturated rings. The van der Waals surface area contributed by atoms with Gasteiger partial charge in [0.05, 0.1) is 17.0 Å². The van der Waals surface area contributed by atoms with Crippen LogP contribution in [0, 0.1) is 0 Å². The van der Waals surface area contributed by atoms with Crippen molar-refractivity contribution >= 4 is 33.2 Å². The molecule has 0 spiro atoms. The van der Waals surface area contributed by atoms with E-state index in [9.17, 15) is 13.5 Å². The smallest absolute Gasteiger partial charge is 0.241 e. The van der Waals surface area contributed by atoms with Crippen LogP contribution in [0.4, 0.5) is 0 Å². The molecule has 2 rings (SSSR count). The monoisotopic (exact) mass is 323 g/mol.